The molecule has 1 fully saturated rings. The maximum absolute atomic E-state index is 11.2. The molecule has 0 amide bonds. The minimum Gasteiger partial charge on any atom is -0.366 e. The Morgan fingerprint density at radius 1 is 1.54 bits per heavy atom. The molecular weight excluding hydrogens is 164 g/mol. The molecule has 2 atom stereocenters. The highest BCUT2D eigenvalue weighted by atomic mass is 16.5. The summed E-state index contributed by atoms with van der Waals surface area (Å²) < 4.78 is 5.58. The van der Waals surface area contributed by atoms with Crippen molar-refractivity contribution in [2.75, 3.05) is 0 Å². The van der Waals surface area contributed by atoms with Crippen molar-refractivity contribution in [3.05, 3.63) is 24.8 Å². The second kappa shape index (κ2) is 4.97. The lowest BCUT2D eigenvalue weighted by Crippen LogP contribution is -2.30. The van der Waals surface area contributed by atoms with E-state index < -0.39 is 0 Å². The molecule has 0 unspecified atom stereocenters. The van der Waals surface area contributed by atoms with Crippen LogP contribution in [0.5, 0.6) is 0 Å². The van der Waals surface area contributed by atoms with E-state index in [9.17, 15) is 4.79 Å². The Kier molecular flexibility index (Phi) is 3.90. The van der Waals surface area contributed by atoms with Crippen molar-refractivity contribution in [2.24, 2.45) is 0 Å². The number of Topliss-reactive ketones (excluding diaryl/α,β-unsaturated/α-hetero) is 1. The van der Waals surface area contributed by atoms with E-state index in [2.05, 4.69) is 13.5 Å². The average Bonchev–Trinajstić information content (AvgIpc) is 2.14. The Morgan fingerprint density at radius 3 is 2.85 bits per heavy atom. The molecule has 1 heterocycles. The van der Waals surface area contributed by atoms with Crippen LogP contribution in [0.3, 0.4) is 0 Å². The summed E-state index contributed by atoms with van der Waals surface area (Å²) in [7, 11) is 0. The van der Waals surface area contributed by atoms with Crippen molar-refractivity contribution in [1.82, 2.24) is 0 Å². The highest BCUT2D eigenvalue weighted by molar-refractivity contribution is 5.80. The van der Waals surface area contributed by atoms with Crippen LogP contribution in [0.2, 0.25) is 0 Å². The van der Waals surface area contributed by atoms with Gasteiger partial charge in [0.05, 0.1) is 12.2 Å². The van der Waals surface area contributed by atoms with E-state index in [0.29, 0.717) is 12.8 Å². The standard InChI is InChI=1S/C11H16O2/c1-3-5-6-11-8-9(12)7-10(4-2)13-11/h4-6,10-11H,2-3,7-8H2,1H3/b6-5+/t10-,11+/m1/s1. The molecule has 0 N–H and O–H groups in total. The lowest BCUT2D eigenvalue weighted by Gasteiger charge is -2.25. The molecule has 2 heteroatoms. The van der Waals surface area contributed by atoms with Gasteiger partial charge in [0, 0.05) is 12.8 Å². The van der Waals surface area contributed by atoms with Crippen LogP contribution in [0.1, 0.15) is 26.2 Å². The first-order valence-corrected chi connectivity index (χ1v) is 4.72. The van der Waals surface area contributed by atoms with Crippen molar-refractivity contribution >= 4 is 5.78 Å². The molecule has 1 aliphatic heterocycles. The van der Waals surface area contributed by atoms with Gasteiger partial charge in [-0.2, -0.15) is 0 Å². The smallest absolute Gasteiger partial charge is 0.138 e. The molecule has 72 valence electrons. The van der Waals surface area contributed by atoms with E-state index >= 15 is 0 Å². The molecule has 0 aromatic heterocycles. The molecule has 0 radical (unpaired) electrons. The van der Waals surface area contributed by atoms with Gasteiger partial charge in [-0.1, -0.05) is 25.2 Å². The first kappa shape index (κ1) is 10.2. The predicted octanol–water partition coefficient (Wildman–Crippen LogP) is 2.26. The van der Waals surface area contributed by atoms with Gasteiger partial charge >= 0.3 is 0 Å². The summed E-state index contributed by atoms with van der Waals surface area (Å²) in [6.07, 6.45) is 7.55. The van der Waals surface area contributed by atoms with Gasteiger partial charge in [-0.05, 0) is 6.42 Å². The van der Waals surface area contributed by atoms with E-state index in [0.717, 1.165) is 6.42 Å². The largest absolute Gasteiger partial charge is 0.366 e. The molecule has 13 heavy (non-hydrogen) atoms. The highest BCUT2D eigenvalue weighted by Crippen LogP contribution is 2.17. The minimum atomic E-state index is -0.0900. The van der Waals surface area contributed by atoms with Crippen LogP contribution in [0.25, 0.3) is 0 Å². The molecule has 0 bridgehead atoms. The van der Waals surface area contributed by atoms with Crippen LogP contribution in [0.15, 0.2) is 24.8 Å². The molecule has 0 aromatic rings. The van der Waals surface area contributed by atoms with Crippen LogP contribution in [0, 0.1) is 0 Å². The normalized spacial score (nSPS) is 29.5. The van der Waals surface area contributed by atoms with E-state index in [-0.39, 0.29) is 18.0 Å². The summed E-state index contributed by atoms with van der Waals surface area (Å²) >= 11 is 0. The Labute approximate surface area is 79.3 Å². The molecule has 1 aliphatic rings. The fourth-order valence-corrected chi connectivity index (χ4v) is 1.39. The third-order valence-corrected chi connectivity index (χ3v) is 2.06. The topological polar surface area (TPSA) is 26.3 Å². The first-order valence-electron chi connectivity index (χ1n) is 4.72. The quantitative estimate of drug-likeness (QED) is 0.623. The highest BCUT2D eigenvalue weighted by Gasteiger charge is 2.23. The summed E-state index contributed by atoms with van der Waals surface area (Å²) in [6.45, 7) is 5.69. The number of allylic oxidation sites excluding steroid dienone is 1. The van der Waals surface area contributed by atoms with Crippen LogP contribution >= 0.6 is 0 Å². The average molecular weight is 180 g/mol. The Bertz CT molecular complexity index is 218. The Morgan fingerprint density at radius 2 is 2.23 bits per heavy atom. The molecule has 0 aliphatic carbocycles. The molecule has 1 rings (SSSR count). The van der Waals surface area contributed by atoms with Crippen molar-refractivity contribution in [3.63, 3.8) is 0 Å². The van der Waals surface area contributed by atoms with Crippen molar-refractivity contribution < 1.29 is 9.53 Å². The second-order valence-electron chi connectivity index (χ2n) is 3.23. The molecule has 0 saturated carbocycles. The number of carbonyl (C=O) groups is 1. The monoisotopic (exact) mass is 180 g/mol. The third kappa shape index (κ3) is 3.15. The zero-order chi connectivity index (χ0) is 9.68. The second-order valence-corrected chi connectivity index (χ2v) is 3.23. The zero-order valence-electron chi connectivity index (χ0n) is 8.03. The Hall–Kier alpha value is -0.890. The first-order chi connectivity index (χ1) is 6.26. The van der Waals surface area contributed by atoms with E-state index in [1.54, 1.807) is 6.08 Å². The number of rotatable bonds is 3. The van der Waals surface area contributed by atoms with Crippen LogP contribution in [-0.2, 0) is 9.53 Å². The van der Waals surface area contributed by atoms with E-state index in [4.69, 9.17) is 4.74 Å². The third-order valence-electron chi connectivity index (χ3n) is 2.06. The maximum atomic E-state index is 11.2. The van der Waals surface area contributed by atoms with Gasteiger partial charge < -0.3 is 4.74 Å². The maximum Gasteiger partial charge on any atom is 0.138 e. The summed E-state index contributed by atoms with van der Waals surface area (Å²) in [4.78, 5) is 11.2. The van der Waals surface area contributed by atoms with Gasteiger partial charge in [-0.15, -0.1) is 6.58 Å². The minimum absolute atomic E-state index is 0.0378. The van der Waals surface area contributed by atoms with E-state index in [1.165, 1.54) is 0 Å². The Balaban J connectivity index is 2.51. The summed E-state index contributed by atoms with van der Waals surface area (Å²) in [5, 5.41) is 0. The van der Waals surface area contributed by atoms with Gasteiger partial charge in [0.15, 0.2) is 0 Å². The summed E-state index contributed by atoms with van der Waals surface area (Å²) in [6, 6.07) is 0. The van der Waals surface area contributed by atoms with E-state index in [1.807, 2.05) is 12.2 Å². The SMILES string of the molecule is C=C[C@@H]1CC(=O)C[C@H](/C=C/CC)O1. The number of carbonyl (C=O) groups excluding carboxylic acids is 1. The van der Waals surface area contributed by atoms with Crippen LogP contribution in [0.4, 0.5) is 0 Å². The molecule has 0 spiro atoms. The zero-order valence-corrected chi connectivity index (χ0v) is 8.03. The van der Waals surface area contributed by atoms with Crippen LogP contribution in [-0.4, -0.2) is 18.0 Å². The lowest BCUT2D eigenvalue weighted by atomic mass is 10.0. The lowest BCUT2D eigenvalue weighted by molar-refractivity contribution is -0.129. The van der Waals surface area contributed by atoms with Crippen molar-refractivity contribution in [3.8, 4) is 0 Å². The predicted molar refractivity (Wildman–Crippen MR) is 52.5 cm³/mol. The number of ether oxygens (including phenoxy) is 1. The number of hydrogen-bond donors (Lipinski definition) is 0. The number of hydrogen-bond acceptors (Lipinski definition) is 2. The van der Waals surface area contributed by atoms with Gasteiger partial charge in [0.2, 0.25) is 0 Å². The van der Waals surface area contributed by atoms with Gasteiger partial charge in [-0.25, -0.2) is 0 Å². The molecule has 2 nitrogen and oxygen atoms in total. The molecule has 1 saturated heterocycles. The molecule has 0 aromatic carbocycles. The van der Waals surface area contributed by atoms with Gasteiger partial charge in [0.1, 0.15) is 5.78 Å². The van der Waals surface area contributed by atoms with Gasteiger partial charge in [-0.3, -0.25) is 4.79 Å². The summed E-state index contributed by atoms with van der Waals surface area (Å²) in [5.74, 6) is 0.266. The molecular formula is C11H16O2. The van der Waals surface area contributed by atoms with Crippen LogP contribution < -0.4 is 0 Å². The number of ketones is 1. The summed E-state index contributed by atoms with van der Waals surface area (Å²) in [5.41, 5.74) is 0. The van der Waals surface area contributed by atoms with Gasteiger partial charge in [0.25, 0.3) is 0 Å². The van der Waals surface area contributed by atoms with Crippen molar-refractivity contribution in [1.29, 1.82) is 0 Å². The fraction of sp³-hybridized carbons (Fsp3) is 0.545. The fourth-order valence-electron chi connectivity index (χ4n) is 1.39. The van der Waals surface area contributed by atoms with Crippen molar-refractivity contribution in [2.45, 2.75) is 38.4 Å².